The van der Waals surface area contributed by atoms with Crippen molar-refractivity contribution in [2.24, 2.45) is 55.2 Å². The average molecular weight is 2120 g/mol. The molecule has 4 atom stereocenters. The molecule has 0 radical (unpaired) electrons. The van der Waals surface area contributed by atoms with Crippen molar-refractivity contribution < 1.29 is 173 Å². The molecule has 0 saturated heterocycles. The summed E-state index contributed by atoms with van der Waals surface area (Å²) in [7, 11) is 1.35. The molecule has 0 fully saturated rings. The van der Waals surface area contributed by atoms with E-state index in [1.165, 1.54) is 43.5 Å². The van der Waals surface area contributed by atoms with Crippen LogP contribution in [0.5, 0.6) is 0 Å². The van der Waals surface area contributed by atoms with Crippen LogP contribution in [-0.2, 0) is 133 Å². The first-order chi connectivity index (χ1) is 68.5. The van der Waals surface area contributed by atoms with Gasteiger partial charge in [-0.15, -0.1) is 11.8 Å². The van der Waals surface area contributed by atoms with E-state index in [9.17, 15) is 76.7 Å². The Morgan fingerprint density at radius 2 is 0.680 bits per heavy atom. The second-order valence-electron chi connectivity index (χ2n) is 40.1. The summed E-state index contributed by atoms with van der Waals surface area (Å²) in [5.41, 5.74) is -3.72. The third-order valence-electron chi connectivity index (χ3n) is 23.3. The van der Waals surface area contributed by atoms with E-state index < -0.39 is 85.5 Å². The lowest BCUT2D eigenvalue weighted by atomic mass is 9.91. The number of methoxy groups -OCH3 is 1. The molecule has 0 aliphatic rings. The number of esters is 13. The van der Waals surface area contributed by atoms with Gasteiger partial charge in [-0.05, 0) is 264 Å². The summed E-state index contributed by atoms with van der Waals surface area (Å²) in [4.78, 5) is 200. The van der Waals surface area contributed by atoms with Gasteiger partial charge in [-0.3, -0.25) is 57.5 Å². The normalized spacial score (nSPS) is 11.9. The fraction of sp³-hybridized carbons (Fsp3) is 0.734. The SMILES string of the molecule is CCC(C)(C)C(=O)OCC(C)COC(=O)CSCC(C)(C)C(=O)OC.CCC(C)(C)C(=O)OCC(C)O.CCC(C)(C)C(=O)OCC(C)O.CCC(C)(C)C(=O)OCCCCCC(=O)OCCCCCC(=O)O.CCC(C)(C)C(=O)OCCOC(=O)c1ccccc1.CCC(C)(C)C(=O)OCCOC(=O)c1ccccc1C(=O)O.CCCCC(CC)COC(=O)CCCCCOC(=O)NCCOC(=O)C(C)(C)CC.O=C=O. The van der Waals surface area contributed by atoms with E-state index in [0.717, 1.165) is 70.6 Å². The zero-order chi connectivity index (χ0) is 114. The third kappa shape index (κ3) is 76.6. The summed E-state index contributed by atoms with van der Waals surface area (Å²) < 4.78 is 70.8. The molecule has 0 aromatic heterocycles. The number of benzene rings is 2. The van der Waals surface area contributed by atoms with Gasteiger partial charge >= 0.3 is 102 Å². The van der Waals surface area contributed by atoms with Gasteiger partial charge < -0.3 is 92.1 Å². The highest BCUT2D eigenvalue weighted by Crippen LogP contribution is 2.29. The number of aliphatic hydroxyl groups is 2. The minimum atomic E-state index is -1.20. The molecule has 0 saturated carbocycles. The number of unbranched alkanes of at least 4 members (excludes halogenated alkanes) is 7. The second kappa shape index (κ2) is 83.3. The van der Waals surface area contributed by atoms with E-state index in [2.05, 4.69) is 19.2 Å². The molecule has 0 heterocycles. The fourth-order valence-electron chi connectivity index (χ4n) is 9.93. The standard InChI is InChI=1S/C23H43NO6.C18H32O6S.C18H32O6.C16H20O6.C15H20O4.2C9H18O3.CO2/c1-6-9-13-19(7-2)18-30-20(25)14-11-10-12-16-29-22(27)24-15-17-28-21(26)23(4,5)8-3;1-8-17(3,4)16(21)24-10-13(2)9-23-14(19)11-25-12-18(5,6)15(20)22-7;1-4-18(2,3)17(22)24-14-10-6-8-12-16(21)23-13-9-5-7-11-15(19)20;1-4-16(2,3)15(20)22-10-9-21-14(19)12-8-6-5-7-11(12)13(17)18;1-4-15(2,3)14(17)19-11-10-18-13(16)12-8-6-5-7-9-12;2*1-5-9(3,4)8(11)12-6-7(2)10;2-1-3/h19H,6-18H2,1-5H3,(H,24,27);13H,8-12H2,1-7H3;4-14H2,1-3H3,(H,19,20);5-8H,4,9-10H2,1-3H3,(H,17,18);5-9H,4,10-11H2,1-3H3;2*7,10H,5-6H2,1-4H3;. The number of aliphatic hydroxyl groups excluding tert-OH is 2. The molecule has 0 bridgehead atoms. The number of nitrogens with one attached hydrogen (secondary N) is 1. The maximum absolute atomic E-state index is 11.9. The first-order valence-corrected chi connectivity index (χ1v) is 52.2. The van der Waals surface area contributed by atoms with E-state index in [0.29, 0.717) is 108 Å². The van der Waals surface area contributed by atoms with Gasteiger partial charge in [0.25, 0.3) is 0 Å². The molecule has 0 spiro atoms. The number of carbonyl (C=O) groups excluding carboxylic acids is 16. The zero-order valence-corrected chi connectivity index (χ0v) is 94.7. The van der Waals surface area contributed by atoms with E-state index >= 15 is 0 Å². The topological polar surface area (TPSA) is 529 Å². The number of alkyl carbamates (subject to hydrolysis) is 1. The molecule has 0 aliphatic heterocycles. The quantitative estimate of drug-likeness (QED) is 0.0233. The molecular weight excluding hydrogens is 1930 g/mol. The molecular formula is C109H183NO36S. The highest BCUT2D eigenvalue weighted by atomic mass is 32.2. The Kier molecular flexibility index (Phi) is 83.3. The predicted molar refractivity (Wildman–Crippen MR) is 555 cm³/mol. The van der Waals surface area contributed by atoms with Gasteiger partial charge in [0.1, 0.15) is 46.2 Å². The molecule has 2 rings (SSSR count). The number of amides is 1. The molecule has 5 N–H and O–H groups in total. The van der Waals surface area contributed by atoms with Gasteiger partial charge in [0.2, 0.25) is 0 Å². The van der Waals surface area contributed by atoms with Crippen LogP contribution in [0.3, 0.4) is 0 Å². The Morgan fingerprint density at radius 1 is 0.347 bits per heavy atom. The third-order valence-corrected chi connectivity index (χ3v) is 24.7. The van der Waals surface area contributed by atoms with Crippen LogP contribution in [0.1, 0.15) is 373 Å². The molecule has 38 heteroatoms. The van der Waals surface area contributed by atoms with Crippen molar-refractivity contribution in [1.82, 2.24) is 5.32 Å². The smallest absolute Gasteiger partial charge is 0.407 e. The van der Waals surface area contributed by atoms with Crippen LogP contribution in [0.25, 0.3) is 0 Å². The van der Waals surface area contributed by atoms with Crippen molar-refractivity contribution in [3.8, 4) is 0 Å². The van der Waals surface area contributed by atoms with Gasteiger partial charge in [-0.25, -0.2) is 19.2 Å². The van der Waals surface area contributed by atoms with Crippen LogP contribution in [0, 0.1) is 55.2 Å². The van der Waals surface area contributed by atoms with Crippen molar-refractivity contribution in [2.45, 2.75) is 354 Å². The largest absolute Gasteiger partial charge is 0.481 e. The Balaban J connectivity index is -0.000000399. The highest BCUT2D eigenvalue weighted by molar-refractivity contribution is 8.00. The van der Waals surface area contributed by atoms with Crippen LogP contribution in [-0.4, -0.2) is 245 Å². The molecule has 147 heavy (non-hydrogen) atoms. The summed E-state index contributed by atoms with van der Waals surface area (Å²) in [6, 6.07) is 14.5. The highest BCUT2D eigenvalue weighted by Gasteiger charge is 2.35. The lowest BCUT2D eigenvalue weighted by Gasteiger charge is -2.22. The summed E-state index contributed by atoms with van der Waals surface area (Å²) >= 11 is 1.33. The number of aromatic carboxylic acids is 1. The Bertz CT molecular complexity index is 4070. The lowest BCUT2D eigenvalue weighted by molar-refractivity contribution is -0.192. The lowest BCUT2D eigenvalue weighted by Crippen LogP contribution is -2.32. The van der Waals surface area contributed by atoms with Gasteiger partial charge in [-0.1, -0.05) is 119 Å². The molecule has 1 amide bonds. The number of hydrogen-bond donors (Lipinski definition) is 5. The minimum Gasteiger partial charge on any atom is -0.481 e. The number of thioether (sulfide) groups is 1. The maximum atomic E-state index is 11.9. The Hall–Kier alpha value is -10.6. The van der Waals surface area contributed by atoms with Gasteiger partial charge in [0, 0.05) is 30.9 Å². The number of hydrogen-bond acceptors (Lipinski definition) is 35. The van der Waals surface area contributed by atoms with E-state index in [-0.39, 0.29) is 167 Å². The zero-order valence-electron chi connectivity index (χ0n) is 93.8. The van der Waals surface area contributed by atoms with Crippen molar-refractivity contribution >= 4 is 114 Å². The Labute approximate surface area is 878 Å². The van der Waals surface area contributed by atoms with Crippen molar-refractivity contribution in [3.05, 3.63) is 71.3 Å². The number of rotatable bonds is 63. The molecule has 37 nitrogen and oxygen atoms in total. The van der Waals surface area contributed by atoms with Crippen LogP contribution >= 0.6 is 11.8 Å². The van der Waals surface area contributed by atoms with E-state index in [4.69, 9.17) is 96.3 Å². The number of aliphatic carboxylic acids is 1. The molecule has 846 valence electrons. The van der Waals surface area contributed by atoms with Crippen molar-refractivity contribution in [2.75, 3.05) is 111 Å². The molecule has 0 aliphatic carbocycles. The van der Waals surface area contributed by atoms with Crippen molar-refractivity contribution in [3.63, 3.8) is 0 Å². The number of carbonyl (C=O) groups is 16. The molecule has 2 aromatic carbocycles. The second-order valence-corrected chi connectivity index (χ2v) is 41.1. The first-order valence-electron chi connectivity index (χ1n) is 51.0. The van der Waals surface area contributed by atoms with Crippen LogP contribution < -0.4 is 5.32 Å². The average Bonchev–Trinajstić information content (AvgIpc) is 0.844. The Morgan fingerprint density at radius 3 is 1.06 bits per heavy atom. The molecule has 2 aromatic rings. The van der Waals surface area contributed by atoms with Crippen LogP contribution in [0.2, 0.25) is 0 Å². The number of ether oxygens (including phenoxy) is 14. The van der Waals surface area contributed by atoms with Gasteiger partial charge in [0.05, 0.1) is 131 Å². The monoisotopic (exact) mass is 2110 g/mol. The first kappa shape index (κ1) is 147. The van der Waals surface area contributed by atoms with E-state index in [1.54, 1.807) is 71.9 Å². The number of carboxylic acids is 2. The molecule has 4 unspecified atom stereocenters. The van der Waals surface area contributed by atoms with Crippen LogP contribution in [0.4, 0.5) is 4.79 Å². The summed E-state index contributed by atoms with van der Waals surface area (Å²) in [5, 5.41) is 37.8. The van der Waals surface area contributed by atoms with Crippen LogP contribution in [0.15, 0.2) is 54.6 Å². The number of carboxylic acid groups (broad SMARTS) is 2. The fourth-order valence-corrected chi connectivity index (χ4v) is 10.9. The minimum absolute atomic E-state index is 0.0322. The van der Waals surface area contributed by atoms with Gasteiger partial charge in [-0.2, -0.15) is 9.59 Å². The predicted octanol–water partition coefficient (Wildman–Crippen LogP) is 19.3. The summed E-state index contributed by atoms with van der Waals surface area (Å²) in [5.74, 6) is -5.00. The summed E-state index contributed by atoms with van der Waals surface area (Å²) in [6.07, 6.45) is 15.5. The van der Waals surface area contributed by atoms with Gasteiger partial charge in [0.15, 0.2) is 0 Å². The summed E-state index contributed by atoms with van der Waals surface area (Å²) in [6.45, 7) is 54.4. The van der Waals surface area contributed by atoms with Crippen molar-refractivity contribution in [1.29, 1.82) is 0 Å². The maximum Gasteiger partial charge on any atom is 0.407 e. The van der Waals surface area contributed by atoms with E-state index in [1.807, 2.05) is 145 Å².